The molecule has 0 aliphatic carbocycles. The molecule has 4 heteroatoms. The lowest BCUT2D eigenvalue weighted by molar-refractivity contribution is -0.136. The highest BCUT2D eigenvalue weighted by atomic mass is 16.5. The first-order chi connectivity index (χ1) is 9.06. The molecule has 2 atom stereocenters. The summed E-state index contributed by atoms with van der Waals surface area (Å²) in [6, 6.07) is 7.66. The van der Waals surface area contributed by atoms with Crippen LogP contribution in [0.2, 0.25) is 0 Å². The van der Waals surface area contributed by atoms with Crippen molar-refractivity contribution in [1.82, 2.24) is 4.90 Å². The molecule has 19 heavy (non-hydrogen) atoms. The van der Waals surface area contributed by atoms with Gasteiger partial charge < -0.3 is 14.7 Å². The van der Waals surface area contributed by atoms with E-state index in [0.717, 1.165) is 11.3 Å². The number of aryl methyl sites for hydroxylation is 1. The second-order valence-corrected chi connectivity index (χ2v) is 5.28. The van der Waals surface area contributed by atoms with Crippen LogP contribution in [0.5, 0.6) is 5.75 Å². The first kappa shape index (κ1) is 13.9. The molecule has 1 heterocycles. The maximum absolute atomic E-state index is 12.0. The van der Waals surface area contributed by atoms with E-state index in [2.05, 4.69) is 0 Å². The van der Waals surface area contributed by atoms with Gasteiger partial charge in [-0.05, 0) is 37.0 Å². The van der Waals surface area contributed by atoms with Crippen molar-refractivity contribution in [1.29, 1.82) is 0 Å². The number of amides is 1. The number of hydrogen-bond acceptors (Lipinski definition) is 3. The smallest absolute Gasteiger partial charge is 0.260 e. The number of carbonyl (C=O) groups excluding carboxylic acids is 1. The lowest BCUT2D eigenvalue weighted by atomic mass is 9.97. The normalized spacial score (nSPS) is 23.2. The van der Waals surface area contributed by atoms with E-state index in [0.29, 0.717) is 19.5 Å². The van der Waals surface area contributed by atoms with Crippen LogP contribution in [0.15, 0.2) is 24.3 Å². The average Bonchev–Trinajstić information content (AvgIpc) is 2.39. The Kier molecular flexibility index (Phi) is 4.43. The topological polar surface area (TPSA) is 49.8 Å². The molecule has 4 nitrogen and oxygen atoms in total. The van der Waals surface area contributed by atoms with Crippen LogP contribution in [0.25, 0.3) is 0 Å². The summed E-state index contributed by atoms with van der Waals surface area (Å²) < 4.78 is 5.51. The Morgan fingerprint density at radius 2 is 2.32 bits per heavy atom. The minimum absolute atomic E-state index is 0.0137. The maximum atomic E-state index is 12.0. The number of ether oxygens (including phenoxy) is 1. The molecule has 104 valence electrons. The molecular formula is C15H21NO3. The van der Waals surface area contributed by atoms with E-state index >= 15 is 0 Å². The molecule has 0 radical (unpaired) electrons. The maximum Gasteiger partial charge on any atom is 0.260 e. The van der Waals surface area contributed by atoms with E-state index in [1.165, 1.54) is 0 Å². The summed E-state index contributed by atoms with van der Waals surface area (Å²) in [7, 11) is 0. The average molecular weight is 263 g/mol. The summed E-state index contributed by atoms with van der Waals surface area (Å²) in [6.07, 6.45) is 0.360. The molecule has 1 aromatic rings. The highest BCUT2D eigenvalue weighted by Gasteiger charge is 2.27. The van der Waals surface area contributed by atoms with Gasteiger partial charge in [0.15, 0.2) is 6.61 Å². The Hall–Kier alpha value is -1.55. The number of rotatable bonds is 3. The van der Waals surface area contributed by atoms with Crippen LogP contribution in [-0.2, 0) is 4.79 Å². The third kappa shape index (κ3) is 3.70. The van der Waals surface area contributed by atoms with Gasteiger partial charge in [0.25, 0.3) is 5.91 Å². The Morgan fingerprint density at radius 1 is 1.53 bits per heavy atom. The number of aliphatic hydroxyl groups is 1. The van der Waals surface area contributed by atoms with Gasteiger partial charge in [-0.2, -0.15) is 0 Å². The van der Waals surface area contributed by atoms with Crippen molar-refractivity contribution in [3.8, 4) is 5.75 Å². The van der Waals surface area contributed by atoms with Crippen molar-refractivity contribution >= 4 is 5.91 Å². The van der Waals surface area contributed by atoms with E-state index in [1.807, 2.05) is 38.1 Å². The molecule has 1 amide bonds. The number of likely N-dealkylation sites (tertiary alicyclic amines) is 1. The van der Waals surface area contributed by atoms with Crippen molar-refractivity contribution in [3.05, 3.63) is 29.8 Å². The zero-order valence-electron chi connectivity index (χ0n) is 11.5. The van der Waals surface area contributed by atoms with Crippen LogP contribution in [0.1, 0.15) is 18.9 Å². The lowest BCUT2D eigenvalue weighted by Crippen LogP contribution is -2.46. The van der Waals surface area contributed by atoms with Crippen LogP contribution in [0, 0.1) is 12.8 Å². The second kappa shape index (κ2) is 6.06. The molecular weight excluding hydrogens is 242 g/mol. The van der Waals surface area contributed by atoms with Crippen molar-refractivity contribution in [2.24, 2.45) is 5.92 Å². The molecule has 1 aliphatic rings. The molecule has 2 rings (SSSR count). The van der Waals surface area contributed by atoms with E-state index < -0.39 is 0 Å². The second-order valence-electron chi connectivity index (χ2n) is 5.28. The van der Waals surface area contributed by atoms with Gasteiger partial charge in [0, 0.05) is 13.1 Å². The third-order valence-electron chi connectivity index (χ3n) is 3.56. The fraction of sp³-hybridized carbons (Fsp3) is 0.533. The van der Waals surface area contributed by atoms with Crippen molar-refractivity contribution in [3.63, 3.8) is 0 Å². The monoisotopic (exact) mass is 263 g/mol. The number of carbonyl (C=O) groups is 1. The minimum atomic E-state index is -0.290. The first-order valence-electron chi connectivity index (χ1n) is 6.71. The third-order valence-corrected chi connectivity index (χ3v) is 3.56. The summed E-state index contributed by atoms with van der Waals surface area (Å²) in [4.78, 5) is 13.8. The standard InChI is InChI=1S/C15H21NO3/c1-11-4-3-5-13(8-11)19-10-15(18)16-7-6-14(17)12(2)9-16/h3-5,8,12,14,17H,6-7,9-10H2,1-2H3. The fourth-order valence-electron chi connectivity index (χ4n) is 2.30. The first-order valence-corrected chi connectivity index (χ1v) is 6.71. The van der Waals surface area contributed by atoms with Crippen molar-refractivity contribution < 1.29 is 14.6 Å². The Morgan fingerprint density at radius 3 is 3.00 bits per heavy atom. The van der Waals surface area contributed by atoms with Gasteiger partial charge in [-0.15, -0.1) is 0 Å². The number of benzene rings is 1. The summed E-state index contributed by atoms with van der Waals surface area (Å²) in [5, 5.41) is 9.65. The molecule has 0 aromatic heterocycles. The highest BCUT2D eigenvalue weighted by Crippen LogP contribution is 2.17. The van der Waals surface area contributed by atoms with Gasteiger partial charge in [-0.25, -0.2) is 0 Å². The predicted molar refractivity (Wildman–Crippen MR) is 73.0 cm³/mol. The Labute approximate surface area is 114 Å². The molecule has 0 bridgehead atoms. The van der Waals surface area contributed by atoms with Crippen LogP contribution in [0.4, 0.5) is 0 Å². The predicted octanol–water partition coefficient (Wildman–Crippen LogP) is 1.60. The van der Waals surface area contributed by atoms with Crippen LogP contribution in [-0.4, -0.2) is 41.7 Å². The molecule has 1 aliphatic heterocycles. The number of piperidine rings is 1. The molecule has 1 N–H and O–H groups in total. The van der Waals surface area contributed by atoms with Gasteiger partial charge in [0.2, 0.25) is 0 Å². The summed E-state index contributed by atoms with van der Waals surface area (Å²) in [5.41, 5.74) is 1.11. The quantitative estimate of drug-likeness (QED) is 0.901. The SMILES string of the molecule is Cc1cccc(OCC(=O)N2CCC(O)C(C)C2)c1. The van der Waals surface area contributed by atoms with E-state index in [-0.39, 0.29) is 24.5 Å². The van der Waals surface area contributed by atoms with Gasteiger partial charge in [0.1, 0.15) is 5.75 Å². The molecule has 1 saturated heterocycles. The summed E-state index contributed by atoms with van der Waals surface area (Å²) >= 11 is 0. The molecule has 1 fully saturated rings. The summed E-state index contributed by atoms with van der Waals surface area (Å²) in [6.45, 7) is 5.23. The molecule has 1 aromatic carbocycles. The summed E-state index contributed by atoms with van der Waals surface area (Å²) in [5.74, 6) is 0.843. The largest absolute Gasteiger partial charge is 0.484 e. The van der Waals surface area contributed by atoms with Gasteiger partial charge in [0.05, 0.1) is 6.10 Å². The van der Waals surface area contributed by atoms with E-state index in [4.69, 9.17) is 4.74 Å². The van der Waals surface area contributed by atoms with Crippen LogP contribution >= 0.6 is 0 Å². The fourth-order valence-corrected chi connectivity index (χ4v) is 2.30. The Bertz CT molecular complexity index is 447. The zero-order valence-corrected chi connectivity index (χ0v) is 11.5. The Balaban J connectivity index is 1.84. The number of hydrogen-bond donors (Lipinski definition) is 1. The van der Waals surface area contributed by atoms with E-state index in [1.54, 1.807) is 4.90 Å². The van der Waals surface area contributed by atoms with Crippen LogP contribution in [0.3, 0.4) is 0 Å². The van der Waals surface area contributed by atoms with E-state index in [9.17, 15) is 9.90 Å². The molecule has 0 saturated carbocycles. The van der Waals surface area contributed by atoms with Crippen LogP contribution < -0.4 is 4.74 Å². The van der Waals surface area contributed by atoms with Gasteiger partial charge in [-0.3, -0.25) is 4.79 Å². The van der Waals surface area contributed by atoms with Crippen molar-refractivity contribution in [2.45, 2.75) is 26.4 Å². The van der Waals surface area contributed by atoms with Crippen molar-refractivity contribution in [2.75, 3.05) is 19.7 Å². The highest BCUT2D eigenvalue weighted by molar-refractivity contribution is 5.77. The van der Waals surface area contributed by atoms with Gasteiger partial charge in [-0.1, -0.05) is 19.1 Å². The number of nitrogens with zero attached hydrogens (tertiary/aromatic N) is 1. The number of aliphatic hydroxyl groups excluding tert-OH is 1. The molecule has 0 spiro atoms. The minimum Gasteiger partial charge on any atom is -0.484 e. The van der Waals surface area contributed by atoms with Gasteiger partial charge >= 0.3 is 0 Å². The zero-order chi connectivity index (χ0) is 13.8. The lowest BCUT2D eigenvalue weighted by Gasteiger charge is -2.34. The molecule has 2 unspecified atom stereocenters.